The quantitative estimate of drug-likeness (QED) is 0.869. The summed E-state index contributed by atoms with van der Waals surface area (Å²) in [7, 11) is 0. The van der Waals surface area contributed by atoms with Crippen molar-refractivity contribution < 1.29 is 14.3 Å². The maximum Gasteiger partial charge on any atom is 0.415 e. The lowest BCUT2D eigenvalue weighted by atomic mass is 10.0. The summed E-state index contributed by atoms with van der Waals surface area (Å²) in [4.78, 5) is 22.7. The molecule has 7 heteroatoms. The summed E-state index contributed by atoms with van der Waals surface area (Å²) in [5, 5.41) is 3.33. The van der Waals surface area contributed by atoms with Gasteiger partial charge >= 0.3 is 6.09 Å². The largest absolute Gasteiger partial charge is 0.493 e. The second-order valence-electron chi connectivity index (χ2n) is 7.33. The second-order valence-corrected chi connectivity index (χ2v) is 7.33. The van der Waals surface area contributed by atoms with E-state index in [2.05, 4.69) is 48.2 Å². The van der Waals surface area contributed by atoms with Crippen molar-refractivity contribution in [3.63, 3.8) is 0 Å². The summed E-state index contributed by atoms with van der Waals surface area (Å²) in [6.07, 6.45) is 2.25. The number of hydrogen-bond acceptors (Lipinski definition) is 6. The third-order valence-electron chi connectivity index (χ3n) is 5.12. The molecular weight excluding hydrogens is 344 g/mol. The molecule has 1 fully saturated rings. The number of fused-ring (bicyclic) bond motifs is 1. The second kappa shape index (κ2) is 7.06. The number of aromatic nitrogens is 2. The maximum atomic E-state index is 12.2. The van der Waals surface area contributed by atoms with Gasteiger partial charge in [0.2, 0.25) is 5.95 Å². The van der Waals surface area contributed by atoms with Gasteiger partial charge in [-0.05, 0) is 42.2 Å². The number of amides is 1. The van der Waals surface area contributed by atoms with Crippen LogP contribution in [-0.2, 0) is 11.2 Å². The lowest BCUT2D eigenvalue weighted by Gasteiger charge is -2.23. The first-order valence-corrected chi connectivity index (χ1v) is 9.34. The van der Waals surface area contributed by atoms with Crippen molar-refractivity contribution in [3.8, 4) is 5.75 Å². The third kappa shape index (κ3) is 3.41. The van der Waals surface area contributed by atoms with Crippen LogP contribution in [0, 0.1) is 5.92 Å². The van der Waals surface area contributed by atoms with Crippen LogP contribution < -0.4 is 15.0 Å². The molecule has 0 aliphatic carbocycles. The highest BCUT2D eigenvalue weighted by Gasteiger charge is 2.37. The van der Waals surface area contributed by atoms with E-state index >= 15 is 0 Å². The third-order valence-corrected chi connectivity index (χ3v) is 5.12. The normalized spacial score (nSPS) is 19.6. The lowest BCUT2D eigenvalue weighted by Crippen LogP contribution is -2.37. The Morgan fingerprint density at radius 2 is 2.07 bits per heavy atom. The average Bonchev–Trinajstić information content (AvgIpc) is 3.27. The van der Waals surface area contributed by atoms with Gasteiger partial charge in [0.25, 0.3) is 0 Å². The minimum absolute atomic E-state index is 0.0191. The van der Waals surface area contributed by atoms with E-state index < -0.39 is 0 Å². The van der Waals surface area contributed by atoms with Crippen LogP contribution in [0.4, 0.5) is 16.6 Å². The summed E-state index contributed by atoms with van der Waals surface area (Å²) in [6.45, 7) is 7.33. The minimum atomic E-state index is -0.356. The fourth-order valence-electron chi connectivity index (χ4n) is 3.50. The Hall–Kier alpha value is -2.83. The Balaban J connectivity index is 1.53. The predicted molar refractivity (Wildman–Crippen MR) is 102 cm³/mol. The standard InChI is InChI=1S/C20H24N4O3/c1-12(2)16-11-27-20(25)24(16)18-6-8-21-19(23-18)22-13(3)14-4-5-17-15(10-14)7-9-26-17/h4-6,8,10,12-13,16H,7,9,11H2,1-3H3,(H,21,22,23)/t13-,16?/m0/s1. The van der Waals surface area contributed by atoms with Gasteiger partial charge in [-0.2, -0.15) is 4.98 Å². The van der Waals surface area contributed by atoms with Gasteiger partial charge in [0.15, 0.2) is 0 Å². The first-order valence-electron chi connectivity index (χ1n) is 9.34. The van der Waals surface area contributed by atoms with Crippen molar-refractivity contribution >= 4 is 17.9 Å². The summed E-state index contributed by atoms with van der Waals surface area (Å²) in [6, 6.07) is 7.98. The summed E-state index contributed by atoms with van der Waals surface area (Å²) < 4.78 is 10.8. The molecule has 1 unspecified atom stereocenters. The Morgan fingerprint density at radius 1 is 1.22 bits per heavy atom. The lowest BCUT2D eigenvalue weighted by molar-refractivity contribution is 0.177. The number of benzene rings is 1. The molecule has 1 amide bonds. The number of nitrogens with zero attached hydrogens (tertiary/aromatic N) is 3. The highest BCUT2D eigenvalue weighted by molar-refractivity contribution is 5.89. The molecule has 0 radical (unpaired) electrons. The molecule has 3 heterocycles. The van der Waals surface area contributed by atoms with Gasteiger partial charge in [-0.3, -0.25) is 4.90 Å². The highest BCUT2D eigenvalue weighted by atomic mass is 16.6. The molecular formula is C20H24N4O3. The smallest absolute Gasteiger partial charge is 0.415 e. The molecule has 27 heavy (non-hydrogen) atoms. The molecule has 4 rings (SSSR count). The van der Waals surface area contributed by atoms with Gasteiger partial charge in [-0.15, -0.1) is 0 Å². The van der Waals surface area contributed by atoms with Gasteiger partial charge in [0, 0.05) is 12.6 Å². The summed E-state index contributed by atoms with van der Waals surface area (Å²) in [5.74, 6) is 2.29. The van der Waals surface area contributed by atoms with E-state index in [0.29, 0.717) is 18.4 Å². The van der Waals surface area contributed by atoms with Crippen LogP contribution in [-0.4, -0.2) is 35.3 Å². The zero-order valence-electron chi connectivity index (χ0n) is 15.8. The molecule has 0 saturated carbocycles. The van der Waals surface area contributed by atoms with E-state index in [1.54, 1.807) is 17.2 Å². The van der Waals surface area contributed by atoms with Gasteiger partial charge in [-0.1, -0.05) is 19.9 Å². The van der Waals surface area contributed by atoms with Crippen molar-refractivity contribution in [2.24, 2.45) is 5.92 Å². The molecule has 2 aliphatic rings. The van der Waals surface area contributed by atoms with E-state index in [9.17, 15) is 4.79 Å². The number of hydrogen-bond donors (Lipinski definition) is 1. The number of ether oxygens (including phenoxy) is 2. The van der Waals surface area contributed by atoms with Crippen LogP contribution in [0.1, 0.15) is 37.9 Å². The summed E-state index contributed by atoms with van der Waals surface area (Å²) in [5.41, 5.74) is 2.38. The molecule has 2 aliphatic heterocycles. The Labute approximate surface area is 158 Å². The molecule has 1 N–H and O–H groups in total. The zero-order chi connectivity index (χ0) is 19.0. The number of cyclic esters (lactones) is 1. The van der Waals surface area contributed by atoms with Crippen LogP contribution in [0.2, 0.25) is 0 Å². The van der Waals surface area contributed by atoms with Crippen LogP contribution in [0.25, 0.3) is 0 Å². The van der Waals surface area contributed by atoms with E-state index in [-0.39, 0.29) is 24.1 Å². The molecule has 2 atom stereocenters. The summed E-state index contributed by atoms with van der Waals surface area (Å²) >= 11 is 0. The fraction of sp³-hybridized carbons (Fsp3) is 0.450. The average molecular weight is 368 g/mol. The predicted octanol–water partition coefficient (Wildman–Crippen LogP) is 3.57. The highest BCUT2D eigenvalue weighted by Crippen LogP contribution is 2.30. The number of nitrogens with one attached hydrogen (secondary N) is 1. The van der Waals surface area contributed by atoms with Gasteiger partial charge < -0.3 is 14.8 Å². The van der Waals surface area contributed by atoms with Crippen molar-refractivity contribution in [1.29, 1.82) is 0 Å². The van der Waals surface area contributed by atoms with Crippen LogP contribution in [0.5, 0.6) is 5.75 Å². The SMILES string of the molecule is CC(C)C1COC(=O)N1c1ccnc(N[C@@H](C)c2ccc3c(c2)CCO3)n1. The van der Waals surface area contributed by atoms with E-state index in [1.807, 2.05) is 6.07 Å². The number of carbonyl (C=O) groups is 1. The number of rotatable bonds is 5. The molecule has 0 spiro atoms. The molecule has 1 aromatic heterocycles. The van der Waals surface area contributed by atoms with E-state index in [1.165, 1.54) is 5.56 Å². The molecule has 1 saturated heterocycles. The number of carbonyl (C=O) groups excluding carboxylic acids is 1. The van der Waals surface area contributed by atoms with Crippen LogP contribution in [0.15, 0.2) is 30.5 Å². The topological polar surface area (TPSA) is 76.6 Å². The van der Waals surface area contributed by atoms with Crippen molar-refractivity contribution in [2.45, 2.75) is 39.3 Å². The Morgan fingerprint density at radius 3 is 2.89 bits per heavy atom. The van der Waals surface area contributed by atoms with Crippen molar-refractivity contribution in [2.75, 3.05) is 23.4 Å². The van der Waals surface area contributed by atoms with Gasteiger partial charge in [-0.25, -0.2) is 9.78 Å². The molecule has 1 aromatic carbocycles. The van der Waals surface area contributed by atoms with Crippen molar-refractivity contribution in [1.82, 2.24) is 9.97 Å². The van der Waals surface area contributed by atoms with E-state index in [0.717, 1.165) is 24.3 Å². The fourth-order valence-corrected chi connectivity index (χ4v) is 3.50. The molecule has 0 bridgehead atoms. The van der Waals surface area contributed by atoms with Crippen LogP contribution >= 0.6 is 0 Å². The van der Waals surface area contributed by atoms with E-state index in [4.69, 9.17) is 9.47 Å². The monoisotopic (exact) mass is 368 g/mol. The molecule has 2 aromatic rings. The Kier molecular flexibility index (Phi) is 4.59. The first-order chi connectivity index (χ1) is 13.0. The first kappa shape index (κ1) is 17.6. The van der Waals surface area contributed by atoms with Crippen molar-refractivity contribution in [3.05, 3.63) is 41.6 Å². The Bertz CT molecular complexity index is 855. The van der Waals surface area contributed by atoms with Crippen LogP contribution in [0.3, 0.4) is 0 Å². The maximum absolute atomic E-state index is 12.2. The minimum Gasteiger partial charge on any atom is -0.493 e. The zero-order valence-corrected chi connectivity index (χ0v) is 15.8. The van der Waals surface area contributed by atoms with Gasteiger partial charge in [0.05, 0.1) is 18.7 Å². The van der Waals surface area contributed by atoms with Gasteiger partial charge in [0.1, 0.15) is 18.2 Å². The molecule has 142 valence electrons. The number of anilines is 2. The molecule has 7 nitrogen and oxygen atoms in total.